The summed E-state index contributed by atoms with van der Waals surface area (Å²) in [7, 11) is 0. The molecule has 2 N–H and O–H groups in total. The molecule has 0 bridgehead atoms. The van der Waals surface area contributed by atoms with Crippen LogP contribution in [0.2, 0.25) is 10.0 Å². The Labute approximate surface area is 106 Å². The second-order valence-corrected chi connectivity index (χ2v) is 4.69. The Morgan fingerprint density at radius 2 is 1.81 bits per heavy atom. The van der Waals surface area contributed by atoms with Crippen LogP contribution in [0.15, 0.2) is 18.2 Å². The number of benzene rings is 1. The average molecular weight is 263 g/mol. The maximum Gasteiger partial charge on any atom is 0.0839 e. The summed E-state index contributed by atoms with van der Waals surface area (Å²) in [5.74, 6) is 0. The molecule has 1 aromatic rings. The minimum absolute atomic E-state index is 0.387. The zero-order valence-electron chi connectivity index (χ0n) is 9.16. The Morgan fingerprint density at radius 3 is 2.38 bits per heavy atom. The Balaban J connectivity index is 2.62. The molecule has 2 atom stereocenters. The van der Waals surface area contributed by atoms with Crippen molar-refractivity contribution in [1.82, 2.24) is 0 Å². The van der Waals surface area contributed by atoms with E-state index in [-0.39, 0.29) is 0 Å². The van der Waals surface area contributed by atoms with E-state index in [0.717, 1.165) is 12.0 Å². The lowest BCUT2D eigenvalue weighted by Crippen LogP contribution is -2.27. The molecule has 0 saturated heterocycles. The highest BCUT2D eigenvalue weighted by atomic mass is 35.5. The van der Waals surface area contributed by atoms with Crippen LogP contribution in [-0.4, -0.2) is 22.4 Å². The third-order valence-corrected chi connectivity index (χ3v) is 3.20. The Hall–Kier alpha value is -0.280. The molecule has 90 valence electrons. The molecule has 2 unspecified atom stereocenters. The van der Waals surface area contributed by atoms with Crippen molar-refractivity contribution in [2.24, 2.45) is 0 Å². The van der Waals surface area contributed by atoms with E-state index in [1.165, 1.54) is 0 Å². The molecule has 0 heterocycles. The predicted molar refractivity (Wildman–Crippen MR) is 67.1 cm³/mol. The summed E-state index contributed by atoms with van der Waals surface area (Å²) in [5, 5.41) is 20.3. The van der Waals surface area contributed by atoms with Crippen molar-refractivity contribution < 1.29 is 10.2 Å². The molecule has 4 heteroatoms. The molecule has 1 rings (SSSR count). The molecule has 0 aliphatic carbocycles. The van der Waals surface area contributed by atoms with Gasteiger partial charge in [0.2, 0.25) is 0 Å². The van der Waals surface area contributed by atoms with Crippen molar-refractivity contribution in [3.05, 3.63) is 33.8 Å². The van der Waals surface area contributed by atoms with Crippen LogP contribution < -0.4 is 0 Å². The van der Waals surface area contributed by atoms with Crippen LogP contribution in [-0.2, 0) is 6.42 Å². The molecule has 16 heavy (non-hydrogen) atoms. The minimum Gasteiger partial charge on any atom is -0.390 e. The van der Waals surface area contributed by atoms with Crippen molar-refractivity contribution in [3.63, 3.8) is 0 Å². The first kappa shape index (κ1) is 13.8. The molecule has 0 aromatic heterocycles. The van der Waals surface area contributed by atoms with Gasteiger partial charge in [0, 0.05) is 6.42 Å². The van der Waals surface area contributed by atoms with Gasteiger partial charge in [-0.2, -0.15) is 0 Å². The summed E-state index contributed by atoms with van der Waals surface area (Å²) in [4.78, 5) is 0. The van der Waals surface area contributed by atoms with E-state index in [0.29, 0.717) is 22.9 Å². The van der Waals surface area contributed by atoms with Gasteiger partial charge < -0.3 is 10.2 Å². The van der Waals surface area contributed by atoms with Gasteiger partial charge in [-0.3, -0.25) is 0 Å². The zero-order chi connectivity index (χ0) is 12.1. The van der Waals surface area contributed by atoms with Gasteiger partial charge in [-0.05, 0) is 24.1 Å². The lowest BCUT2D eigenvalue weighted by atomic mass is 10.0. The molecule has 0 radical (unpaired) electrons. The number of aliphatic hydroxyl groups excluding tert-OH is 2. The van der Waals surface area contributed by atoms with E-state index in [4.69, 9.17) is 23.2 Å². The number of hydrogen-bond donors (Lipinski definition) is 2. The van der Waals surface area contributed by atoms with Gasteiger partial charge in [0.25, 0.3) is 0 Å². The highest BCUT2D eigenvalue weighted by Gasteiger charge is 2.16. The van der Waals surface area contributed by atoms with Gasteiger partial charge in [0.05, 0.1) is 22.3 Å². The first-order chi connectivity index (χ1) is 7.54. The molecule has 2 nitrogen and oxygen atoms in total. The molecule has 0 saturated carbocycles. The van der Waals surface area contributed by atoms with Crippen LogP contribution >= 0.6 is 23.2 Å². The van der Waals surface area contributed by atoms with Crippen molar-refractivity contribution in [2.45, 2.75) is 38.4 Å². The summed E-state index contributed by atoms with van der Waals surface area (Å²) in [6.45, 7) is 1.97. The largest absolute Gasteiger partial charge is 0.390 e. The number of halogens is 2. The summed E-state index contributed by atoms with van der Waals surface area (Å²) >= 11 is 11.6. The fourth-order valence-corrected chi connectivity index (χ4v) is 1.85. The normalized spacial score (nSPS) is 14.8. The lowest BCUT2D eigenvalue weighted by molar-refractivity contribution is 0.0148. The average Bonchev–Trinajstić information content (AvgIpc) is 2.24. The number of rotatable bonds is 5. The molecule has 1 aromatic carbocycles. The van der Waals surface area contributed by atoms with Crippen molar-refractivity contribution in [1.29, 1.82) is 0 Å². The van der Waals surface area contributed by atoms with E-state index in [9.17, 15) is 10.2 Å². The molecule has 0 fully saturated rings. The predicted octanol–water partition coefficient (Wildman–Crippen LogP) is 3.06. The highest BCUT2D eigenvalue weighted by Crippen LogP contribution is 2.23. The minimum atomic E-state index is -0.753. The fraction of sp³-hybridized carbons (Fsp3) is 0.500. The molecular weight excluding hydrogens is 247 g/mol. The number of aliphatic hydroxyl groups is 2. The SMILES string of the molecule is CCCC(O)C(O)Cc1ccc(Cl)c(Cl)c1. The molecule has 0 amide bonds. The van der Waals surface area contributed by atoms with Gasteiger partial charge in [-0.15, -0.1) is 0 Å². The Bertz CT molecular complexity index is 342. The summed E-state index contributed by atoms with van der Waals surface area (Å²) in [5.41, 5.74) is 0.872. The third-order valence-electron chi connectivity index (χ3n) is 2.46. The molecule has 0 aliphatic rings. The Morgan fingerprint density at radius 1 is 1.12 bits per heavy atom. The smallest absolute Gasteiger partial charge is 0.0839 e. The monoisotopic (exact) mass is 262 g/mol. The van der Waals surface area contributed by atoms with Crippen LogP contribution in [0.3, 0.4) is 0 Å². The summed E-state index contributed by atoms with van der Waals surface area (Å²) < 4.78 is 0. The van der Waals surface area contributed by atoms with Gasteiger partial charge in [-0.1, -0.05) is 42.6 Å². The van der Waals surface area contributed by atoms with E-state index in [1.54, 1.807) is 18.2 Å². The lowest BCUT2D eigenvalue weighted by Gasteiger charge is -2.17. The number of hydrogen-bond acceptors (Lipinski definition) is 2. The molecule has 0 aliphatic heterocycles. The quantitative estimate of drug-likeness (QED) is 0.857. The van der Waals surface area contributed by atoms with Crippen molar-refractivity contribution >= 4 is 23.2 Å². The summed E-state index contributed by atoms with van der Waals surface area (Å²) in [6.07, 6.45) is 0.400. The molecular formula is C12H16Cl2O2. The topological polar surface area (TPSA) is 40.5 Å². The first-order valence-electron chi connectivity index (χ1n) is 5.34. The highest BCUT2D eigenvalue weighted by molar-refractivity contribution is 6.42. The maximum atomic E-state index is 9.74. The molecule has 0 spiro atoms. The third kappa shape index (κ3) is 3.95. The van der Waals surface area contributed by atoms with Crippen LogP contribution in [0.1, 0.15) is 25.3 Å². The van der Waals surface area contributed by atoms with Gasteiger partial charge in [0.1, 0.15) is 0 Å². The standard InChI is InChI=1S/C12H16Cl2O2/c1-2-3-11(15)12(16)7-8-4-5-9(13)10(14)6-8/h4-6,11-12,15-16H,2-3,7H2,1H3. The van der Waals surface area contributed by atoms with Gasteiger partial charge in [-0.25, -0.2) is 0 Å². The fourth-order valence-electron chi connectivity index (χ4n) is 1.53. The van der Waals surface area contributed by atoms with Gasteiger partial charge >= 0.3 is 0 Å². The second kappa shape index (κ2) is 6.45. The Kier molecular flexibility index (Phi) is 5.56. The first-order valence-corrected chi connectivity index (χ1v) is 6.10. The zero-order valence-corrected chi connectivity index (χ0v) is 10.7. The van der Waals surface area contributed by atoms with Gasteiger partial charge in [0.15, 0.2) is 0 Å². The second-order valence-electron chi connectivity index (χ2n) is 3.88. The van der Waals surface area contributed by atoms with Crippen LogP contribution in [0.5, 0.6) is 0 Å². The van der Waals surface area contributed by atoms with Crippen LogP contribution in [0, 0.1) is 0 Å². The summed E-state index contributed by atoms with van der Waals surface area (Å²) in [6, 6.07) is 5.21. The van der Waals surface area contributed by atoms with Crippen molar-refractivity contribution in [2.75, 3.05) is 0 Å². The van der Waals surface area contributed by atoms with E-state index in [1.807, 2.05) is 6.92 Å². The van der Waals surface area contributed by atoms with Crippen molar-refractivity contribution in [3.8, 4) is 0 Å². The van der Waals surface area contributed by atoms with E-state index < -0.39 is 12.2 Å². The van der Waals surface area contributed by atoms with E-state index >= 15 is 0 Å². The van der Waals surface area contributed by atoms with Crippen LogP contribution in [0.4, 0.5) is 0 Å². The maximum absolute atomic E-state index is 9.74. The van der Waals surface area contributed by atoms with E-state index in [2.05, 4.69) is 0 Å². The van der Waals surface area contributed by atoms with Crippen LogP contribution in [0.25, 0.3) is 0 Å².